The van der Waals surface area contributed by atoms with Gasteiger partial charge < -0.3 is 15.1 Å². The maximum Gasteiger partial charge on any atom is 0.328 e. The smallest absolute Gasteiger partial charge is 0.328 e. The Morgan fingerprint density at radius 3 is 2.61 bits per heavy atom. The van der Waals surface area contributed by atoms with Crippen LogP contribution in [-0.2, 0) is 0 Å². The zero-order chi connectivity index (χ0) is 19.7. The van der Waals surface area contributed by atoms with Gasteiger partial charge in [0.05, 0.1) is 11.2 Å². The third kappa shape index (κ3) is 3.42. The molecule has 6 nitrogen and oxygen atoms in total. The minimum absolute atomic E-state index is 0.0433. The number of hydrogen-bond donors (Lipinski definition) is 1. The predicted molar refractivity (Wildman–Crippen MR) is 114 cm³/mol. The zero-order valence-electron chi connectivity index (χ0n) is 16.7. The molecule has 1 N–H and O–H groups in total. The van der Waals surface area contributed by atoms with Crippen LogP contribution in [0.5, 0.6) is 0 Å². The number of rotatable bonds is 3. The van der Waals surface area contributed by atoms with Crippen LogP contribution < -0.4 is 10.2 Å². The first-order valence-corrected chi connectivity index (χ1v) is 9.87. The topological polar surface area (TPSA) is 53.4 Å². The Balaban J connectivity index is 1.49. The fraction of sp³-hybridized carbons (Fsp3) is 0.364. The third-order valence-electron chi connectivity index (χ3n) is 5.24. The Morgan fingerprint density at radius 2 is 1.86 bits per heavy atom. The summed E-state index contributed by atoms with van der Waals surface area (Å²) in [5.74, 6) is 0.963. The van der Waals surface area contributed by atoms with Crippen LogP contribution in [0.1, 0.15) is 19.4 Å². The number of aryl methyl sites for hydroxylation is 1. The number of amides is 1. The van der Waals surface area contributed by atoms with Crippen molar-refractivity contribution in [2.24, 2.45) is 0 Å². The summed E-state index contributed by atoms with van der Waals surface area (Å²) in [7, 11) is 0. The lowest BCUT2D eigenvalue weighted by atomic mass is 10.1. The Morgan fingerprint density at radius 1 is 1.07 bits per heavy atom. The number of nitrogens with one attached hydrogen (secondary N) is 1. The first kappa shape index (κ1) is 18.3. The molecule has 1 aliphatic rings. The fourth-order valence-corrected chi connectivity index (χ4v) is 3.82. The van der Waals surface area contributed by atoms with Crippen molar-refractivity contribution >= 4 is 28.4 Å². The van der Waals surface area contributed by atoms with E-state index in [0.29, 0.717) is 19.1 Å². The highest BCUT2D eigenvalue weighted by Crippen LogP contribution is 2.25. The van der Waals surface area contributed by atoms with Crippen LogP contribution in [0.15, 0.2) is 48.8 Å². The third-order valence-corrected chi connectivity index (χ3v) is 5.24. The van der Waals surface area contributed by atoms with Crippen molar-refractivity contribution < 1.29 is 4.79 Å². The van der Waals surface area contributed by atoms with Crippen molar-refractivity contribution in [2.45, 2.75) is 26.8 Å². The molecular formula is C22H27N5O. The van der Waals surface area contributed by atoms with Gasteiger partial charge in [-0.25, -0.2) is 9.78 Å². The molecule has 146 valence electrons. The number of piperazine rings is 1. The van der Waals surface area contributed by atoms with Crippen molar-refractivity contribution in [1.82, 2.24) is 14.5 Å². The number of benzene rings is 1. The number of fused-ring (bicyclic) bond motifs is 1. The van der Waals surface area contributed by atoms with Crippen LogP contribution in [0, 0.1) is 6.92 Å². The van der Waals surface area contributed by atoms with Crippen molar-refractivity contribution in [3.05, 3.63) is 54.4 Å². The van der Waals surface area contributed by atoms with E-state index >= 15 is 0 Å². The second kappa shape index (κ2) is 7.54. The standard InChI is InChI=1S/C22H27N5O/c1-16(2)24-19-7-5-10-23-21(19)25-12-14-26(15-13-25)22(28)27-11-9-18-17(3)6-4-8-20(18)27/h4-11,16,24H,12-15H2,1-3H3. The fourth-order valence-electron chi connectivity index (χ4n) is 3.82. The van der Waals surface area contributed by atoms with Crippen LogP contribution in [0.3, 0.4) is 0 Å². The molecule has 6 heteroatoms. The van der Waals surface area contributed by atoms with Crippen LogP contribution in [-0.4, -0.2) is 52.7 Å². The number of anilines is 2. The molecule has 0 spiro atoms. The molecular weight excluding hydrogens is 350 g/mol. The summed E-state index contributed by atoms with van der Waals surface area (Å²) >= 11 is 0. The minimum atomic E-state index is 0.0433. The quantitative estimate of drug-likeness (QED) is 0.751. The molecule has 1 saturated heterocycles. The molecule has 1 amide bonds. The van der Waals surface area contributed by atoms with Gasteiger partial charge in [-0.15, -0.1) is 0 Å². The van der Waals surface area contributed by atoms with E-state index in [4.69, 9.17) is 0 Å². The number of carbonyl (C=O) groups excluding carboxylic acids is 1. The molecule has 0 radical (unpaired) electrons. The van der Waals surface area contributed by atoms with E-state index in [-0.39, 0.29) is 6.03 Å². The first-order chi connectivity index (χ1) is 13.5. The van der Waals surface area contributed by atoms with Crippen LogP contribution in [0.4, 0.5) is 16.3 Å². The highest BCUT2D eigenvalue weighted by molar-refractivity contribution is 5.93. The van der Waals surface area contributed by atoms with Crippen LogP contribution in [0.2, 0.25) is 0 Å². The van der Waals surface area contributed by atoms with E-state index in [0.717, 1.165) is 35.5 Å². The summed E-state index contributed by atoms with van der Waals surface area (Å²) in [5, 5.41) is 4.60. The number of pyridine rings is 1. The summed E-state index contributed by atoms with van der Waals surface area (Å²) in [5.41, 5.74) is 3.21. The normalized spacial score (nSPS) is 14.7. The van der Waals surface area contributed by atoms with Crippen molar-refractivity contribution in [3.63, 3.8) is 0 Å². The van der Waals surface area contributed by atoms with E-state index < -0.39 is 0 Å². The van der Waals surface area contributed by atoms with Crippen LogP contribution in [0.25, 0.3) is 10.9 Å². The Kier molecular flexibility index (Phi) is 4.94. The molecule has 1 aliphatic heterocycles. The molecule has 1 aromatic carbocycles. The summed E-state index contributed by atoms with van der Waals surface area (Å²) in [6, 6.07) is 12.5. The molecule has 0 atom stereocenters. The lowest BCUT2D eigenvalue weighted by Crippen LogP contribution is -2.50. The largest absolute Gasteiger partial charge is 0.380 e. The lowest BCUT2D eigenvalue weighted by Gasteiger charge is -2.36. The summed E-state index contributed by atoms with van der Waals surface area (Å²) < 4.78 is 1.77. The second-order valence-corrected chi connectivity index (χ2v) is 7.62. The minimum Gasteiger partial charge on any atom is -0.380 e. The first-order valence-electron chi connectivity index (χ1n) is 9.87. The average Bonchev–Trinajstić information content (AvgIpc) is 3.13. The van der Waals surface area contributed by atoms with Gasteiger partial charge in [0, 0.05) is 50.0 Å². The number of carbonyl (C=O) groups is 1. The van der Waals surface area contributed by atoms with E-state index in [1.807, 2.05) is 41.6 Å². The van der Waals surface area contributed by atoms with Gasteiger partial charge in [-0.2, -0.15) is 0 Å². The average molecular weight is 377 g/mol. The molecule has 3 heterocycles. The summed E-state index contributed by atoms with van der Waals surface area (Å²) in [4.78, 5) is 21.8. The molecule has 3 aromatic rings. The van der Waals surface area contributed by atoms with Crippen LogP contribution >= 0.6 is 0 Å². The van der Waals surface area contributed by atoms with Crippen molar-refractivity contribution in [3.8, 4) is 0 Å². The van der Waals surface area contributed by atoms with E-state index in [9.17, 15) is 4.79 Å². The molecule has 0 bridgehead atoms. The van der Waals surface area contributed by atoms with Gasteiger partial charge in [0.1, 0.15) is 0 Å². The molecule has 28 heavy (non-hydrogen) atoms. The highest BCUT2D eigenvalue weighted by atomic mass is 16.2. The predicted octanol–water partition coefficient (Wildman–Crippen LogP) is 3.96. The highest BCUT2D eigenvalue weighted by Gasteiger charge is 2.25. The molecule has 2 aromatic heterocycles. The molecule has 0 unspecified atom stereocenters. The number of nitrogens with zero attached hydrogens (tertiary/aromatic N) is 4. The van der Waals surface area contributed by atoms with Crippen molar-refractivity contribution in [1.29, 1.82) is 0 Å². The maximum absolute atomic E-state index is 13.1. The monoisotopic (exact) mass is 377 g/mol. The molecule has 0 aliphatic carbocycles. The van der Waals surface area contributed by atoms with Gasteiger partial charge in [-0.1, -0.05) is 12.1 Å². The molecule has 4 rings (SSSR count). The Bertz CT molecular complexity index is 986. The molecule has 1 fully saturated rings. The van der Waals surface area contributed by atoms with Gasteiger partial charge in [0.25, 0.3) is 0 Å². The van der Waals surface area contributed by atoms with Gasteiger partial charge in [0.15, 0.2) is 5.82 Å². The number of aromatic nitrogens is 2. The van der Waals surface area contributed by atoms with E-state index in [2.05, 4.69) is 48.1 Å². The van der Waals surface area contributed by atoms with Gasteiger partial charge >= 0.3 is 6.03 Å². The van der Waals surface area contributed by atoms with Gasteiger partial charge in [0.2, 0.25) is 0 Å². The SMILES string of the molecule is Cc1cccc2c1ccn2C(=O)N1CCN(c2ncccc2NC(C)C)CC1. The summed E-state index contributed by atoms with van der Waals surface area (Å²) in [6.45, 7) is 9.23. The van der Waals surface area contributed by atoms with E-state index in [1.165, 1.54) is 5.56 Å². The van der Waals surface area contributed by atoms with Gasteiger partial charge in [-0.3, -0.25) is 4.57 Å². The van der Waals surface area contributed by atoms with Crippen molar-refractivity contribution in [2.75, 3.05) is 36.4 Å². The zero-order valence-corrected chi connectivity index (χ0v) is 16.7. The Labute approximate surface area is 165 Å². The Hall–Kier alpha value is -3.02. The van der Waals surface area contributed by atoms with E-state index in [1.54, 1.807) is 4.57 Å². The lowest BCUT2D eigenvalue weighted by molar-refractivity contribution is 0.197. The molecule has 0 saturated carbocycles. The number of hydrogen-bond acceptors (Lipinski definition) is 4. The maximum atomic E-state index is 13.1. The second-order valence-electron chi connectivity index (χ2n) is 7.62. The summed E-state index contributed by atoms with van der Waals surface area (Å²) in [6.07, 6.45) is 3.71. The van der Waals surface area contributed by atoms with Gasteiger partial charge in [-0.05, 0) is 50.6 Å².